The number of alkyl carbamates (subject to hydrolysis) is 1. The lowest BCUT2D eigenvalue weighted by Crippen LogP contribution is -2.51. The van der Waals surface area contributed by atoms with E-state index in [0.29, 0.717) is 6.42 Å². The third-order valence-electron chi connectivity index (χ3n) is 5.69. The molecule has 0 saturated carbocycles. The number of fused-ring (bicyclic) bond motifs is 3. The Bertz CT molecular complexity index is 931. The number of amides is 2. The normalized spacial score (nSPS) is 14.1. The van der Waals surface area contributed by atoms with E-state index in [1.54, 1.807) is 0 Å². The fourth-order valence-electron chi connectivity index (χ4n) is 3.84. The van der Waals surface area contributed by atoms with Gasteiger partial charge in [-0.25, -0.2) is 9.59 Å². The van der Waals surface area contributed by atoms with Crippen LogP contribution in [0.2, 0.25) is 0 Å². The molecule has 0 aliphatic heterocycles. The summed E-state index contributed by atoms with van der Waals surface area (Å²) < 4.78 is 10.4. The predicted octanol–water partition coefficient (Wildman–Crippen LogP) is 3.11. The Hall–Kier alpha value is -3.39. The molecule has 0 unspecified atom stereocenters. The van der Waals surface area contributed by atoms with Gasteiger partial charge in [0.15, 0.2) is 0 Å². The molecule has 0 fully saturated rings. The molecule has 1 aliphatic carbocycles. The summed E-state index contributed by atoms with van der Waals surface area (Å²) >= 11 is 0. The standard InChI is InChI=1S/C24H28N2O6/c1-3-15(2)22(23(29)25-14-31-13-21(27)28)26-24(30)32-12-20-18-10-6-4-8-16(18)17-9-5-7-11-19(17)20/h4-11,15,20,22H,3,12-14H2,1-2H3,(H,25,29)(H,26,30)(H,27,28)/t15-,22-/m0/s1. The van der Waals surface area contributed by atoms with Gasteiger partial charge in [0, 0.05) is 5.92 Å². The molecular formula is C24H28N2O6. The lowest BCUT2D eigenvalue weighted by Gasteiger charge is -2.23. The third-order valence-corrected chi connectivity index (χ3v) is 5.69. The second kappa shape index (κ2) is 10.8. The largest absolute Gasteiger partial charge is 0.480 e. The second-order valence-corrected chi connectivity index (χ2v) is 7.76. The highest BCUT2D eigenvalue weighted by molar-refractivity contribution is 5.86. The van der Waals surface area contributed by atoms with Crippen molar-refractivity contribution in [3.63, 3.8) is 0 Å². The number of rotatable bonds is 10. The quantitative estimate of drug-likeness (QED) is 0.386. The number of hydrogen-bond acceptors (Lipinski definition) is 5. The summed E-state index contributed by atoms with van der Waals surface area (Å²) in [6.07, 6.45) is -0.0312. The number of benzene rings is 2. The van der Waals surface area contributed by atoms with Crippen LogP contribution in [-0.4, -0.2) is 49.1 Å². The molecule has 0 saturated heterocycles. The molecule has 0 bridgehead atoms. The Morgan fingerprint density at radius 1 is 1.03 bits per heavy atom. The van der Waals surface area contributed by atoms with Crippen molar-refractivity contribution in [1.82, 2.24) is 10.6 Å². The Morgan fingerprint density at radius 2 is 1.62 bits per heavy atom. The number of carbonyl (C=O) groups excluding carboxylic acids is 2. The van der Waals surface area contributed by atoms with Crippen molar-refractivity contribution in [2.45, 2.75) is 32.2 Å². The highest BCUT2D eigenvalue weighted by Gasteiger charge is 2.30. The molecule has 2 amide bonds. The van der Waals surface area contributed by atoms with Crippen molar-refractivity contribution in [3.05, 3.63) is 59.7 Å². The maximum absolute atomic E-state index is 12.6. The van der Waals surface area contributed by atoms with Gasteiger partial charge in [0.25, 0.3) is 0 Å². The first kappa shape index (κ1) is 23.3. The highest BCUT2D eigenvalue weighted by atomic mass is 16.5. The SMILES string of the molecule is CC[C@H](C)[C@H](NC(=O)OCC1c2ccccc2-c2ccccc21)C(=O)NCOCC(=O)O. The van der Waals surface area contributed by atoms with Gasteiger partial charge in [0.1, 0.15) is 26.0 Å². The Morgan fingerprint density at radius 3 is 2.19 bits per heavy atom. The molecule has 170 valence electrons. The number of nitrogens with one attached hydrogen (secondary N) is 2. The van der Waals surface area contributed by atoms with Crippen LogP contribution in [-0.2, 0) is 19.1 Å². The van der Waals surface area contributed by atoms with E-state index in [9.17, 15) is 14.4 Å². The summed E-state index contributed by atoms with van der Waals surface area (Å²) in [7, 11) is 0. The summed E-state index contributed by atoms with van der Waals surface area (Å²) in [5.74, 6) is -1.82. The van der Waals surface area contributed by atoms with E-state index < -0.39 is 30.6 Å². The average molecular weight is 440 g/mol. The van der Waals surface area contributed by atoms with Gasteiger partial charge in [-0.2, -0.15) is 0 Å². The van der Waals surface area contributed by atoms with Gasteiger partial charge in [-0.15, -0.1) is 0 Å². The van der Waals surface area contributed by atoms with Crippen LogP contribution >= 0.6 is 0 Å². The van der Waals surface area contributed by atoms with Crippen LogP contribution in [0, 0.1) is 5.92 Å². The zero-order chi connectivity index (χ0) is 23.1. The fourth-order valence-corrected chi connectivity index (χ4v) is 3.84. The molecule has 3 N–H and O–H groups in total. The summed E-state index contributed by atoms with van der Waals surface area (Å²) in [6.45, 7) is 3.12. The van der Waals surface area contributed by atoms with Gasteiger partial charge in [0.05, 0.1) is 0 Å². The predicted molar refractivity (Wildman–Crippen MR) is 118 cm³/mol. The van der Waals surface area contributed by atoms with E-state index in [0.717, 1.165) is 22.3 Å². The molecule has 8 nitrogen and oxygen atoms in total. The van der Waals surface area contributed by atoms with Gasteiger partial charge in [-0.05, 0) is 28.2 Å². The van der Waals surface area contributed by atoms with Crippen LogP contribution in [0.25, 0.3) is 11.1 Å². The molecule has 32 heavy (non-hydrogen) atoms. The molecule has 1 aliphatic rings. The Kier molecular flexibility index (Phi) is 7.83. The van der Waals surface area contributed by atoms with E-state index in [2.05, 4.69) is 22.8 Å². The van der Waals surface area contributed by atoms with E-state index >= 15 is 0 Å². The van der Waals surface area contributed by atoms with Crippen LogP contribution in [0.3, 0.4) is 0 Å². The lowest BCUT2D eigenvalue weighted by atomic mass is 9.98. The maximum atomic E-state index is 12.6. The first-order valence-electron chi connectivity index (χ1n) is 10.6. The van der Waals surface area contributed by atoms with Crippen molar-refractivity contribution in [3.8, 4) is 11.1 Å². The van der Waals surface area contributed by atoms with Crippen LogP contribution in [0.15, 0.2) is 48.5 Å². The summed E-state index contributed by atoms with van der Waals surface area (Å²) in [5, 5.41) is 13.7. The van der Waals surface area contributed by atoms with E-state index in [1.807, 2.05) is 50.2 Å². The van der Waals surface area contributed by atoms with Gasteiger partial charge in [-0.1, -0.05) is 68.8 Å². The van der Waals surface area contributed by atoms with E-state index in [4.69, 9.17) is 14.6 Å². The van der Waals surface area contributed by atoms with Gasteiger partial charge in [-0.3, -0.25) is 4.79 Å². The smallest absolute Gasteiger partial charge is 0.407 e. The van der Waals surface area contributed by atoms with Crippen LogP contribution in [0.4, 0.5) is 4.79 Å². The van der Waals surface area contributed by atoms with Gasteiger partial charge < -0.3 is 25.2 Å². The van der Waals surface area contributed by atoms with E-state index in [-0.39, 0.29) is 25.2 Å². The van der Waals surface area contributed by atoms with Crippen molar-refractivity contribution < 1.29 is 29.0 Å². The number of carbonyl (C=O) groups is 3. The summed E-state index contributed by atoms with van der Waals surface area (Å²) in [6, 6.07) is 15.3. The molecule has 0 radical (unpaired) electrons. The molecule has 2 aromatic carbocycles. The molecule has 2 atom stereocenters. The second-order valence-electron chi connectivity index (χ2n) is 7.76. The fraction of sp³-hybridized carbons (Fsp3) is 0.375. The molecule has 8 heteroatoms. The monoisotopic (exact) mass is 440 g/mol. The minimum absolute atomic E-state index is 0.0755. The first-order chi connectivity index (χ1) is 15.4. The van der Waals surface area contributed by atoms with Gasteiger partial charge >= 0.3 is 12.1 Å². The van der Waals surface area contributed by atoms with Crippen molar-refractivity contribution in [1.29, 1.82) is 0 Å². The minimum Gasteiger partial charge on any atom is -0.480 e. The number of hydrogen-bond donors (Lipinski definition) is 3. The van der Waals surface area contributed by atoms with Crippen LogP contribution in [0.5, 0.6) is 0 Å². The third kappa shape index (κ3) is 5.45. The number of carboxylic acid groups (broad SMARTS) is 1. The van der Waals surface area contributed by atoms with Crippen LogP contribution in [0.1, 0.15) is 37.3 Å². The zero-order valence-electron chi connectivity index (χ0n) is 18.2. The zero-order valence-corrected chi connectivity index (χ0v) is 18.2. The van der Waals surface area contributed by atoms with Crippen molar-refractivity contribution in [2.24, 2.45) is 5.92 Å². The van der Waals surface area contributed by atoms with Crippen molar-refractivity contribution >= 4 is 18.0 Å². The number of aliphatic carboxylic acids is 1. The molecule has 3 rings (SSSR count). The number of ether oxygens (including phenoxy) is 2. The van der Waals surface area contributed by atoms with E-state index in [1.165, 1.54) is 0 Å². The topological polar surface area (TPSA) is 114 Å². The average Bonchev–Trinajstić information content (AvgIpc) is 3.12. The summed E-state index contributed by atoms with van der Waals surface area (Å²) in [4.78, 5) is 35.6. The molecule has 0 spiro atoms. The lowest BCUT2D eigenvalue weighted by molar-refractivity contribution is -0.143. The van der Waals surface area contributed by atoms with Gasteiger partial charge in [0.2, 0.25) is 5.91 Å². The Balaban J connectivity index is 1.61. The molecule has 0 heterocycles. The minimum atomic E-state index is -1.13. The molecule has 2 aromatic rings. The highest BCUT2D eigenvalue weighted by Crippen LogP contribution is 2.44. The molecule has 0 aromatic heterocycles. The first-order valence-corrected chi connectivity index (χ1v) is 10.6. The summed E-state index contributed by atoms with van der Waals surface area (Å²) in [5.41, 5.74) is 4.48. The van der Waals surface area contributed by atoms with Crippen molar-refractivity contribution in [2.75, 3.05) is 19.9 Å². The number of carboxylic acids is 1. The molecular weight excluding hydrogens is 412 g/mol. The Labute approximate surface area is 186 Å². The maximum Gasteiger partial charge on any atom is 0.407 e. The van der Waals surface area contributed by atoms with Crippen LogP contribution < -0.4 is 10.6 Å².